The average molecular weight is 263 g/mol. The van der Waals surface area contributed by atoms with Gasteiger partial charge in [-0.2, -0.15) is 0 Å². The monoisotopic (exact) mass is 263 g/mol. The van der Waals surface area contributed by atoms with Gasteiger partial charge in [0.2, 0.25) is 5.91 Å². The van der Waals surface area contributed by atoms with Crippen LogP contribution in [0.4, 0.5) is 0 Å². The van der Waals surface area contributed by atoms with Crippen molar-refractivity contribution in [3.63, 3.8) is 0 Å². The van der Waals surface area contributed by atoms with Gasteiger partial charge in [0.05, 0.1) is 17.6 Å². The van der Waals surface area contributed by atoms with E-state index < -0.39 is 5.97 Å². The van der Waals surface area contributed by atoms with Crippen molar-refractivity contribution in [2.24, 2.45) is 5.92 Å². The van der Waals surface area contributed by atoms with Crippen molar-refractivity contribution in [1.29, 1.82) is 0 Å². The van der Waals surface area contributed by atoms with Crippen molar-refractivity contribution in [2.75, 3.05) is 6.61 Å². The summed E-state index contributed by atoms with van der Waals surface area (Å²) in [5.74, 6) is -1.04. The number of carbonyl (C=O) groups is 2. The van der Waals surface area contributed by atoms with Crippen LogP contribution in [0.2, 0.25) is 0 Å². The van der Waals surface area contributed by atoms with Crippen LogP contribution in [0.3, 0.4) is 0 Å². The molecule has 1 aromatic carbocycles. The Balaban J connectivity index is 1.88. The maximum Gasteiger partial charge on any atom is 0.335 e. The molecule has 0 radical (unpaired) electrons. The smallest absolute Gasteiger partial charge is 0.335 e. The van der Waals surface area contributed by atoms with Crippen molar-refractivity contribution in [3.8, 4) is 0 Å². The third-order valence-corrected chi connectivity index (χ3v) is 3.38. The second-order valence-electron chi connectivity index (χ2n) is 4.69. The molecular formula is C14H17NO4. The molecule has 1 aromatic rings. The SMILES string of the molecule is CC1OCCC1C(=O)NCc1ccc(C(=O)O)cc1. The molecule has 1 amide bonds. The number of rotatable bonds is 4. The minimum absolute atomic E-state index is 0.00712. The van der Waals surface area contributed by atoms with Crippen LogP contribution in [-0.4, -0.2) is 29.7 Å². The van der Waals surface area contributed by atoms with Crippen LogP contribution >= 0.6 is 0 Å². The van der Waals surface area contributed by atoms with Gasteiger partial charge in [-0.3, -0.25) is 4.79 Å². The molecule has 2 unspecified atom stereocenters. The molecule has 19 heavy (non-hydrogen) atoms. The van der Waals surface area contributed by atoms with Crippen LogP contribution in [0.25, 0.3) is 0 Å². The number of hydrogen-bond acceptors (Lipinski definition) is 3. The molecule has 2 N–H and O–H groups in total. The highest BCUT2D eigenvalue weighted by Crippen LogP contribution is 2.20. The largest absolute Gasteiger partial charge is 0.478 e. The van der Waals surface area contributed by atoms with Gasteiger partial charge in [-0.25, -0.2) is 4.79 Å². The average Bonchev–Trinajstić information content (AvgIpc) is 2.83. The fourth-order valence-corrected chi connectivity index (χ4v) is 2.16. The first-order valence-corrected chi connectivity index (χ1v) is 6.29. The van der Waals surface area contributed by atoms with Crippen LogP contribution < -0.4 is 5.32 Å². The lowest BCUT2D eigenvalue weighted by Crippen LogP contribution is -2.33. The standard InChI is InChI=1S/C14H17NO4/c1-9-12(6-7-19-9)13(16)15-8-10-2-4-11(5-3-10)14(17)18/h2-5,9,12H,6-8H2,1H3,(H,15,16)(H,17,18). The predicted molar refractivity (Wildman–Crippen MR) is 68.8 cm³/mol. The number of carboxylic acid groups (broad SMARTS) is 1. The maximum atomic E-state index is 11.9. The highest BCUT2D eigenvalue weighted by Gasteiger charge is 2.30. The number of aromatic carboxylic acids is 1. The van der Waals surface area contributed by atoms with Crippen LogP contribution in [0.5, 0.6) is 0 Å². The fraction of sp³-hybridized carbons (Fsp3) is 0.429. The molecule has 0 aromatic heterocycles. The summed E-state index contributed by atoms with van der Waals surface area (Å²) in [7, 11) is 0. The van der Waals surface area contributed by atoms with Gasteiger partial charge in [0.25, 0.3) is 0 Å². The Hall–Kier alpha value is -1.88. The van der Waals surface area contributed by atoms with E-state index in [1.54, 1.807) is 12.1 Å². The Bertz CT molecular complexity index is 469. The highest BCUT2D eigenvalue weighted by atomic mass is 16.5. The lowest BCUT2D eigenvalue weighted by atomic mass is 10.0. The molecule has 1 saturated heterocycles. The first-order chi connectivity index (χ1) is 9.08. The van der Waals surface area contributed by atoms with E-state index >= 15 is 0 Å². The van der Waals surface area contributed by atoms with Crippen LogP contribution in [0.1, 0.15) is 29.3 Å². The topological polar surface area (TPSA) is 75.6 Å². The minimum atomic E-state index is -0.951. The molecule has 5 nitrogen and oxygen atoms in total. The van der Waals surface area contributed by atoms with E-state index in [1.165, 1.54) is 12.1 Å². The molecule has 0 saturated carbocycles. The van der Waals surface area contributed by atoms with Crippen LogP contribution in [-0.2, 0) is 16.1 Å². The predicted octanol–water partition coefficient (Wildman–Crippen LogP) is 1.43. The van der Waals surface area contributed by atoms with Gasteiger partial charge in [0.15, 0.2) is 0 Å². The summed E-state index contributed by atoms with van der Waals surface area (Å²) in [5.41, 5.74) is 1.12. The molecular weight excluding hydrogens is 246 g/mol. The van der Waals surface area contributed by atoms with Gasteiger partial charge < -0.3 is 15.2 Å². The second kappa shape index (κ2) is 5.84. The lowest BCUT2D eigenvalue weighted by molar-refractivity contribution is -0.126. The summed E-state index contributed by atoms with van der Waals surface area (Å²) in [6.45, 7) is 2.94. The van der Waals surface area contributed by atoms with Crippen LogP contribution in [0, 0.1) is 5.92 Å². The Morgan fingerprint density at radius 2 is 2.05 bits per heavy atom. The molecule has 1 aliphatic rings. The molecule has 0 spiro atoms. The number of amides is 1. The van der Waals surface area contributed by atoms with Gasteiger partial charge in [0.1, 0.15) is 0 Å². The van der Waals surface area contributed by atoms with E-state index in [0.717, 1.165) is 12.0 Å². The molecule has 0 aliphatic carbocycles. The Morgan fingerprint density at radius 1 is 1.37 bits per heavy atom. The Morgan fingerprint density at radius 3 is 2.58 bits per heavy atom. The molecule has 2 atom stereocenters. The quantitative estimate of drug-likeness (QED) is 0.861. The normalized spacial score (nSPS) is 22.2. The molecule has 1 heterocycles. The number of carboxylic acids is 1. The summed E-state index contributed by atoms with van der Waals surface area (Å²) in [5, 5.41) is 11.6. The van der Waals surface area contributed by atoms with E-state index in [4.69, 9.17) is 9.84 Å². The highest BCUT2D eigenvalue weighted by molar-refractivity contribution is 5.87. The van der Waals surface area contributed by atoms with Crippen LogP contribution in [0.15, 0.2) is 24.3 Å². The summed E-state index contributed by atoms with van der Waals surface area (Å²) in [4.78, 5) is 22.6. The van der Waals surface area contributed by atoms with Crippen molar-refractivity contribution >= 4 is 11.9 Å². The summed E-state index contributed by atoms with van der Waals surface area (Å²) < 4.78 is 5.35. The molecule has 1 fully saturated rings. The van der Waals surface area contributed by atoms with Crippen molar-refractivity contribution in [3.05, 3.63) is 35.4 Å². The Kier molecular flexibility index (Phi) is 4.16. The molecule has 5 heteroatoms. The van der Waals surface area contributed by atoms with E-state index in [-0.39, 0.29) is 23.5 Å². The first-order valence-electron chi connectivity index (χ1n) is 6.29. The minimum Gasteiger partial charge on any atom is -0.478 e. The van der Waals surface area contributed by atoms with Crippen molar-refractivity contribution in [1.82, 2.24) is 5.32 Å². The van der Waals surface area contributed by atoms with Gasteiger partial charge in [-0.05, 0) is 31.0 Å². The lowest BCUT2D eigenvalue weighted by Gasteiger charge is -2.14. The summed E-state index contributed by atoms with van der Waals surface area (Å²) in [6, 6.07) is 6.48. The third kappa shape index (κ3) is 3.32. The summed E-state index contributed by atoms with van der Waals surface area (Å²) >= 11 is 0. The molecule has 1 aliphatic heterocycles. The fourth-order valence-electron chi connectivity index (χ4n) is 2.16. The zero-order chi connectivity index (χ0) is 13.8. The van der Waals surface area contributed by atoms with Gasteiger partial charge in [-0.15, -0.1) is 0 Å². The van der Waals surface area contributed by atoms with Gasteiger partial charge in [0, 0.05) is 13.2 Å². The first kappa shape index (κ1) is 13.5. The van der Waals surface area contributed by atoms with E-state index in [1.807, 2.05) is 6.92 Å². The van der Waals surface area contributed by atoms with Gasteiger partial charge >= 0.3 is 5.97 Å². The number of ether oxygens (including phenoxy) is 1. The summed E-state index contributed by atoms with van der Waals surface area (Å²) in [6.07, 6.45) is 0.722. The number of benzene rings is 1. The number of hydrogen-bond donors (Lipinski definition) is 2. The zero-order valence-electron chi connectivity index (χ0n) is 10.8. The van der Waals surface area contributed by atoms with Crippen molar-refractivity contribution < 1.29 is 19.4 Å². The molecule has 0 bridgehead atoms. The van der Waals surface area contributed by atoms with E-state index in [2.05, 4.69) is 5.32 Å². The molecule has 2 rings (SSSR count). The Labute approximate surface area is 111 Å². The molecule has 102 valence electrons. The number of carbonyl (C=O) groups excluding carboxylic acids is 1. The number of nitrogens with one attached hydrogen (secondary N) is 1. The maximum absolute atomic E-state index is 11.9. The van der Waals surface area contributed by atoms with E-state index in [9.17, 15) is 9.59 Å². The van der Waals surface area contributed by atoms with Gasteiger partial charge in [-0.1, -0.05) is 12.1 Å². The van der Waals surface area contributed by atoms with Crippen molar-refractivity contribution in [2.45, 2.75) is 26.0 Å². The van der Waals surface area contributed by atoms with E-state index in [0.29, 0.717) is 13.2 Å². The third-order valence-electron chi connectivity index (χ3n) is 3.38. The zero-order valence-corrected chi connectivity index (χ0v) is 10.8. The second-order valence-corrected chi connectivity index (χ2v) is 4.69.